The number of ether oxygens (including phenoxy) is 1. The highest BCUT2D eigenvalue weighted by Gasteiger charge is 2.24. The Kier molecular flexibility index (Phi) is 4.39. The summed E-state index contributed by atoms with van der Waals surface area (Å²) in [5, 5.41) is 8.62. The minimum absolute atomic E-state index is 0.202. The topological polar surface area (TPSA) is 66.8 Å². The predicted octanol–water partition coefficient (Wildman–Crippen LogP) is 1.33. The van der Waals surface area contributed by atoms with Gasteiger partial charge in [-0.15, -0.1) is 0 Å². The van der Waals surface area contributed by atoms with Crippen LogP contribution in [0.1, 0.15) is 26.2 Å². The summed E-state index contributed by atoms with van der Waals surface area (Å²) in [6, 6.07) is 0. The highest BCUT2D eigenvalue weighted by molar-refractivity contribution is 5.68. The van der Waals surface area contributed by atoms with E-state index in [1.807, 2.05) is 0 Å². The average Bonchev–Trinajstić information content (AvgIpc) is 2.18. The molecule has 0 saturated carbocycles. The number of amides is 1. The molecular formula is C10H17NO4. The number of likely N-dealkylation sites (tertiary alicyclic amines) is 1. The summed E-state index contributed by atoms with van der Waals surface area (Å²) in [6.45, 7) is 3.37. The fourth-order valence-electron chi connectivity index (χ4n) is 1.78. The van der Waals surface area contributed by atoms with Crippen molar-refractivity contribution in [2.24, 2.45) is 5.92 Å². The second-order valence-electron chi connectivity index (χ2n) is 3.73. The van der Waals surface area contributed by atoms with Gasteiger partial charge in [-0.2, -0.15) is 0 Å². The maximum absolute atomic E-state index is 11.3. The molecule has 1 amide bonds. The third kappa shape index (κ3) is 3.77. The highest BCUT2D eigenvalue weighted by Crippen LogP contribution is 2.20. The first-order chi connectivity index (χ1) is 7.13. The lowest BCUT2D eigenvalue weighted by Gasteiger charge is -2.30. The highest BCUT2D eigenvalue weighted by atomic mass is 16.6. The van der Waals surface area contributed by atoms with E-state index in [1.165, 1.54) is 0 Å². The Morgan fingerprint density at radius 2 is 2.00 bits per heavy atom. The second-order valence-corrected chi connectivity index (χ2v) is 3.73. The first-order valence-electron chi connectivity index (χ1n) is 5.27. The summed E-state index contributed by atoms with van der Waals surface area (Å²) in [5.41, 5.74) is 0. The number of carbonyl (C=O) groups is 2. The van der Waals surface area contributed by atoms with E-state index in [0.29, 0.717) is 19.7 Å². The monoisotopic (exact) mass is 215 g/mol. The Morgan fingerprint density at radius 1 is 1.40 bits per heavy atom. The number of carbonyl (C=O) groups excluding carboxylic acids is 1. The second kappa shape index (κ2) is 5.58. The van der Waals surface area contributed by atoms with E-state index in [2.05, 4.69) is 0 Å². The van der Waals surface area contributed by atoms with Crippen molar-refractivity contribution >= 4 is 12.1 Å². The Balaban J connectivity index is 2.29. The van der Waals surface area contributed by atoms with Gasteiger partial charge < -0.3 is 14.7 Å². The third-order valence-corrected chi connectivity index (χ3v) is 2.60. The summed E-state index contributed by atoms with van der Waals surface area (Å²) in [4.78, 5) is 23.4. The van der Waals surface area contributed by atoms with E-state index in [-0.39, 0.29) is 18.4 Å². The van der Waals surface area contributed by atoms with Crippen molar-refractivity contribution in [2.75, 3.05) is 19.7 Å². The van der Waals surface area contributed by atoms with Crippen LogP contribution < -0.4 is 0 Å². The molecule has 1 rings (SSSR count). The van der Waals surface area contributed by atoms with E-state index in [9.17, 15) is 9.59 Å². The molecule has 1 heterocycles. The van der Waals surface area contributed by atoms with Gasteiger partial charge in [-0.25, -0.2) is 4.79 Å². The van der Waals surface area contributed by atoms with Gasteiger partial charge in [0, 0.05) is 19.5 Å². The van der Waals surface area contributed by atoms with Gasteiger partial charge in [0.25, 0.3) is 0 Å². The number of carboxylic acid groups (broad SMARTS) is 1. The largest absolute Gasteiger partial charge is 0.481 e. The molecule has 5 nitrogen and oxygen atoms in total. The van der Waals surface area contributed by atoms with Gasteiger partial charge >= 0.3 is 12.1 Å². The van der Waals surface area contributed by atoms with Gasteiger partial charge in [-0.05, 0) is 25.7 Å². The molecule has 0 unspecified atom stereocenters. The maximum Gasteiger partial charge on any atom is 0.409 e. The summed E-state index contributed by atoms with van der Waals surface area (Å²) in [5.74, 6) is -0.558. The summed E-state index contributed by atoms with van der Waals surface area (Å²) in [6.07, 6.45) is 1.43. The quantitative estimate of drug-likeness (QED) is 0.771. The molecule has 15 heavy (non-hydrogen) atoms. The third-order valence-electron chi connectivity index (χ3n) is 2.60. The van der Waals surface area contributed by atoms with Crippen LogP contribution in [0, 0.1) is 5.92 Å². The molecule has 0 aromatic heterocycles. The maximum atomic E-state index is 11.3. The first-order valence-corrected chi connectivity index (χ1v) is 5.27. The zero-order valence-corrected chi connectivity index (χ0v) is 8.94. The Morgan fingerprint density at radius 3 is 2.47 bits per heavy atom. The molecule has 1 N–H and O–H groups in total. The zero-order valence-electron chi connectivity index (χ0n) is 8.94. The number of carboxylic acids is 1. The molecule has 1 fully saturated rings. The standard InChI is InChI=1S/C10H17NO4/c1-2-15-10(14)11-5-3-8(4-6-11)7-9(12)13/h8H,2-7H2,1H3,(H,12,13). The van der Waals surface area contributed by atoms with Crippen LogP contribution in [-0.4, -0.2) is 41.8 Å². The van der Waals surface area contributed by atoms with Gasteiger partial charge in [0.1, 0.15) is 0 Å². The molecule has 0 bridgehead atoms. The smallest absolute Gasteiger partial charge is 0.409 e. The van der Waals surface area contributed by atoms with Gasteiger partial charge in [0.05, 0.1) is 6.61 Å². The van der Waals surface area contributed by atoms with Crippen LogP contribution in [0.4, 0.5) is 4.79 Å². The molecule has 1 saturated heterocycles. The molecule has 0 aromatic rings. The molecule has 0 radical (unpaired) electrons. The summed E-state index contributed by atoms with van der Waals surface area (Å²) < 4.78 is 4.87. The van der Waals surface area contributed by atoms with Crippen LogP contribution in [0.25, 0.3) is 0 Å². The van der Waals surface area contributed by atoms with Crippen LogP contribution in [-0.2, 0) is 9.53 Å². The van der Waals surface area contributed by atoms with Gasteiger partial charge in [0.15, 0.2) is 0 Å². The number of piperidine rings is 1. The molecular weight excluding hydrogens is 198 g/mol. The summed E-state index contributed by atoms with van der Waals surface area (Å²) >= 11 is 0. The molecule has 1 aliphatic heterocycles. The van der Waals surface area contributed by atoms with Gasteiger partial charge in [-0.1, -0.05) is 0 Å². The van der Waals surface area contributed by atoms with E-state index in [1.54, 1.807) is 11.8 Å². The number of rotatable bonds is 3. The molecule has 86 valence electrons. The lowest BCUT2D eigenvalue weighted by molar-refractivity contribution is -0.138. The normalized spacial score (nSPS) is 17.5. The number of hydrogen-bond acceptors (Lipinski definition) is 3. The van der Waals surface area contributed by atoms with Crippen molar-refractivity contribution in [1.82, 2.24) is 4.90 Å². The lowest BCUT2D eigenvalue weighted by Crippen LogP contribution is -2.39. The Labute approximate surface area is 89.0 Å². The fourth-order valence-corrected chi connectivity index (χ4v) is 1.78. The van der Waals surface area contributed by atoms with E-state index in [0.717, 1.165) is 12.8 Å². The zero-order chi connectivity index (χ0) is 11.3. The van der Waals surface area contributed by atoms with Crippen molar-refractivity contribution in [3.63, 3.8) is 0 Å². The molecule has 0 atom stereocenters. The van der Waals surface area contributed by atoms with Gasteiger partial charge in [-0.3, -0.25) is 4.79 Å². The van der Waals surface area contributed by atoms with Crippen LogP contribution in [0.3, 0.4) is 0 Å². The lowest BCUT2D eigenvalue weighted by atomic mass is 9.94. The van der Waals surface area contributed by atoms with Crippen LogP contribution in [0.5, 0.6) is 0 Å². The molecule has 0 aliphatic carbocycles. The van der Waals surface area contributed by atoms with Crippen LogP contribution in [0.2, 0.25) is 0 Å². The van der Waals surface area contributed by atoms with Crippen molar-refractivity contribution < 1.29 is 19.4 Å². The molecule has 5 heteroatoms. The Bertz CT molecular complexity index is 234. The molecule has 0 aromatic carbocycles. The predicted molar refractivity (Wildman–Crippen MR) is 53.6 cm³/mol. The Hall–Kier alpha value is -1.26. The van der Waals surface area contributed by atoms with Crippen LogP contribution >= 0.6 is 0 Å². The average molecular weight is 215 g/mol. The van der Waals surface area contributed by atoms with Crippen molar-refractivity contribution in [3.05, 3.63) is 0 Å². The van der Waals surface area contributed by atoms with E-state index in [4.69, 9.17) is 9.84 Å². The molecule has 0 spiro atoms. The van der Waals surface area contributed by atoms with Crippen molar-refractivity contribution in [2.45, 2.75) is 26.2 Å². The van der Waals surface area contributed by atoms with Gasteiger partial charge in [0.2, 0.25) is 0 Å². The SMILES string of the molecule is CCOC(=O)N1CCC(CC(=O)O)CC1. The number of hydrogen-bond donors (Lipinski definition) is 1. The summed E-state index contributed by atoms with van der Waals surface area (Å²) in [7, 11) is 0. The fraction of sp³-hybridized carbons (Fsp3) is 0.800. The van der Waals surface area contributed by atoms with Crippen molar-refractivity contribution in [1.29, 1.82) is 0 Å². The van der Waals surface area contributed by atoms with E-state index >= 15 is 0 Å². The minimum atomic E-state index is -0.760. The first kappa shape index (κ1) is 11.8. The number of aliphatic carboxylic acids is 1. The minimum Gasteiger partial charge on any atom is -0.481 e. The number of nitrogens with zero attached hydrogens (tertiary/aromatic N) is 1. The van der Waals surface area contributed by atoms with E-state index < -0.39 is 5.97 Å². The van der Waals surface area contributed by atoms with Crippen LogP contribution in [0.15, 0.2) is 0 Å². The van der Waals surface area contributed by atoms with Crippen molar-refractivity contribution in [3.8, 4) is 0 Å². The molecule has 1 aliphatic rings.